The van der Waals surface area contributed by atoms with Gasteiger partial charge in [-0.25, -0.2) is 0 Å². The van der Waals surface area contributed by atoms with Gasteiger partial charge in [-0.15, -0.1) is 0 Å². The standard InChI is InChI=1S/C13H20N2O3/c1-13(2,3)17-11(16)6-4-5-10-14-12(15-18-10)9-7-8-9/h9H,4-8H2,1-3H3. The summed E-state index contributed by atoms with van der Waals surface area (Å²) in [5.74, 6) is 1.78. The zero-order valence-electron chi connectivity index (χ0n) is 11.2. The van der Waals surface area contributed by atoms with Crippen LogP contribution in [0.5, 0.6) is 0 Å². The van der Waals surface area contributed by atoms with E-state index in [2.05, 4.69) is 10.1 Å². The molecule has 0 bridgehead atoms. The van der Waals surface area contributed by atoms with Gasteiger partial charge in [0.25, 0.3) is 0 Å². The third kappa shape index (κ3) is 4.13. The Hall–Kier alpha value is -1.39. The third-order valence-corrected chi connectivity index (χ3v) is 2.62. The fraction of sp³-hybridized carbons (Fsp3) is 0.769. The van der Waals surface area contributed by atoms with Crippen LogP contribution in [-0.4, -0.2) is 21.7 Å². The highest BCUT2D eigenvalue weighted by Gasteiger charge is 2.28. The van der Waals surface area contributed by atoms with Crippen LogP contribution < -0.4 is 0 Å². The minimum absolute atomic E-state index is 0.176. The molecule has 100 valence electrons. The molecule has 1 aromatic rings. The van der Waals surface area contributed by atoms with Crippen molar-refractivity contribution in [1.29, 1.82) is 0 Å². The molecule has 0 spiro atoms. The molecule has 18 heavy (non-hydrogen) atoms. The Labute approximate surface area is 107 Å². The topological polar surface area (TPSA) is 65.2 Å². The van der Waals surface area contributed by atoms with Crippen LogP contribution >= 0.6 is 0 Å². The molecule has 0 N–H and O–H groups in total. The first-order chi connectivity index (χ1) is 8.44. The largest absolute Gasteiger partial charge is 0.460 e. The second-order valence-corrected chi connectivity index (χ2v) is 5.76. The Balaban J connectivity index is 1.69. The van der Waals surface area contributed by atoms with Gasteiger partial charge in [0.15, 0.2) is 5.82 Å². The van der Waals surface area contributed by atoms with E-state index in [1.165, 1.54) is 0 Å². The molecule has 5 nitrogen and oxygen atoms in total. The molecular formula is C13H20N2O3. The molecule has 1 aromatic heterocycles. The van der Waals surface area contributed by atoms with Gasteiger partial charge in [-0.2, -0.15) is 4.98 Å². The second kappa shape index (κ2) is 5.08. The number of rotatable bonds is 5. The van der Waals surface area contributed by atoms with Crippen molar-refractivity contribution in [3.8, 4) is 0 Å². The highest BCUT2D eigenvalue weighted by molar-refractivity contribution is 5.69. The van der Waals surface area contributed by atoms with Crippen LogP contribution in [0.25, 0.3) is 0 Å². The molecule has 1 saturated carbocycles. The van der Waals surface area contributed by atoms with Gasteiger partial charge in [0.2, 0.25) is 5.89 Å². The van der Waals surface area contributed by atoms with Gasteiger partial charge in [0, 0.05) is 18.8 Å². The second-order valence-electron chi connectivity index (χ2n) is 5.76. The smallest absolute Gasteiger partial charge is 0.306 e. The van der Waals surface area contributed by atoms with Crippen molar-refractivity contribution in [3.63, 3.8) is 0 Å². The van der Waals surface area contributed by atoms with Crippen molar-refractivity contribution < 1.29 is 14.1 Å². The van der Waals surface area contributed by atoms with E-state index in [0.29, 0.717) is 31.1 Å². The van der Waals surface area contributed by atoms with Crippen LogP contribution in [0.3, 0.4) is 0 Å². The Bertz CT molecular complexity index is 416. The van der Waals surface area contributed by atoms with Gasteiger partial charge in [-0.1, -0.05) is 5.16 Å². The number of ether oxygens (including phenoxy) is 1. The molecule has 1 aliphatic rings. The molecule has 0 atom stereocenters. The molecule has 0 radical (unpaired) electrons. The molecular weight excluding hydrogens is 232 g/mol. The lowest BCUT2D eigenvalue weighted by atomic mass is 10.2. The van der Waals surface area contributed by atoms with Gasteiger partial charge in [-0.05, 0) is 40.0 Å². The third-order valence-electron chi connectivity index (χ3n) is 2.62. The normalized spacial score (nSPS) is 15.7. The number of aryl methyl sites for hydroxylation is 1. The molecule has 0 saturated heterocycles. The number of esters is 1. The Morgan fingerprint density at radius 2 is 2.17 bits per heavy atom. The molecule has 0 amide bonds. The van der Waals surface area contributed by atoms with Crippen LogP contribution in [0.1, 0.15) is 64.1 Å². The molecule has 0 aliphatic heterocycles. The number of carbonyl (C=O) groups is 1. The average Bonchev–Trinajstić information content (AvgIpc) is 2.97. The van der Waals surface area contributed by atoms with Crippen LogP contribution in [-0.2, 0) is 16.0 Å². The van der Waals surface area contributed by atoms with Gasteiger partial charge in [0.1, 0.15) is 5.60 Å². The van der Waals surface area contributed by atoms with Crippen molar-refractivity contribution in [2.75, 3.05) is 0 Å². The highest BCUT2D eigenvalue weighted by Crippen LogP contribution is 2.38. The summed E-state index contributed by atoms with van der Waals surface area (Å²) >= 11 is 0. The molecule has 1 fully saturated rings. The Morgan fingerprint density at radius 1 is 1.44 bits per heavy atom. The number of hydrogen-bond acceptors (Lipinski definition) is 5. The molecule has 1 heterocycles. The lowest BCUT2D eigenvalue weighted by Crippen LogP contribution is -2.23. The summed E-state index contributed by atoms with van der Waals surface area (Å²) in [6, 6.07) is 0. The zero-order chi connectivity index (χ0) is 13.2. The fourth-order valence-corrected chi connectivity index (χ4v) is 1.65. The van der Waals surface area contributed by atoms with Crippen molar-refractivity contribution in [2.24, 2.45) is 0 Å². The zero-order valence-corrected chi connectivity index (χ0v) is 11.2. The van der Waals surface area contributed by atoms with Crippen molar-refractivity contribution in [1.82, 2.24) is 10.1 Å². The van der Waals surface area contributed by atoms with Crippen LogP contribution in [0.4, 0.5) is 0 Å². The van der Waals surface area contributed by atoms with Gasteiger partial charge in [0.05, 0.1) is 0 Å². The maximum absolute atomic E-state index is 11.5. The van der Waals surface area contributed by atoms with Crippen LogP contribution in [0.2, 0.25) is 0 Å². The van der Waals surface area contributed by atoms with Gasteiger partial charge < -0.3 is 9.26 Å². The quantitative estimate of drug-likeness (QED) is 0.754. The first-order valence-electron chi connectivity index (χ1n) is 6.48. The molecule has 0 aromatic carbocycles. The summed E-state index contributed by atoms with van der Waals surface area (Å²) in [6.45, 7) is 5.60. The van der Waals surface area contributed by atoms with Crippen molar-refractivity contribution in [3.05, 3.63) is 11.7 Å². The molecule has 5 heteroatoms. The number of carbonyl (C=O) groups excluding carboxylic acids is 1. The summed E-state index contributed by atoms with van der Waals surface area (Å²) in [4.78, 5) is 15.8. The average molecular weight is 252 g/mol. The van der Waals surface area contributed by atoms with Crippen molar-refractivity contribution >= 4 is 5.97 Å². The maximum atomic E-state index is 11.5. The Kier molecular flexibility index (Phi) is 3.68. The van der Waals surface area contributed by atoms with E-state index < -0.39 is 5.60 Å². The SMILES string of the molecule is CC(C)(C)OC(=O)CCCc1nc(C2CC2)no1. The number of aromatic nitrogens is 2. The molecule has 0 unspecified atom stereocenters. The minimum atomic E-state index is -0.416. The van der Waals surface area contributed by atoms with Gasteiger partial charge in [-0.3, -0.25) is 4.79 Å². The molecule has 2 rings (SSSR count). The van der Waals surface area contributed by atoms with Crippen LogP contribution in [0, 0.1) is 0 Å². The van der Waals surface area contributed by atoms with E-state index in [-0.39, 0.29) is 5.97 Å². The molecule has 1 aliphatic carbocycles. The summed E-state index contributed by atoms with van der Waals surface area (Å²) in [6.07, 6.45) is 4.03. The van der Waals surface area contributed by atoms with E-state index in [4.69, 9.17) is 9.26 Å². The van der Waals surface area contributed by atoms with Crippen LogP contribution in [0.15, 0.2) is 4.52 Å². The van der Waals surface area contributed by atoms with Gasteiger partial charge >= 0.3 is 5.97 Å². The van der Waals surface area contributed by atoms with E-state index in [1.807, 2.05) is 20.8 Å². The number of hydrogen-bond donors (Lipinski definition) is 0. The Morgan fingerprint density at radius 3 is 2.78 bits per heavy atom. The summed E-state index contributed by atoms with van der Waals surface area (Å²) < 4.78 is 10.4. The maximum Gasteiger partial charge on any atom is 0.306 e. The first-order valence-corrected chi connectivity index (χ1v) is 6.48. The van der Waals surface area contributed by atoms with E-state index >= 15 is 0 Å². The first kappa shape index (κ1) is 13.1. The van der Waals surface area contributed by atoms with E-state index in [1.54, 1.807) is 0 Å². The minimum Gasteiger partial charge on any atom is -0.460 e. The predicted molar refractivity (Wildman–Crippen MR) is 65.1 cm³/mol. The lowest BCUT2D eigenvalue weighted by molar-refractivity contribution is -0.154. The summed E-state index contributed by atoms with van der Waals surface area (Å²) in [7, 11) is 0. The highest BCUT2D eigenvalue weighted by atomic mass is 16.6. The monoisotopic (exact) mass is 252 g/mol. The predicted octanol–water partition coefficient (Wildman–Crippen LogP) is 2.61. The van der Waals surface area contributed by atoms with E-state index in [0.717, 1.165) is 18.7 Å². The lowest BCUT2D eigenvalue weighted by Gasteiger charge is -2.19. The summed E-state index contributed by atoms with van der Waals surface area (Å²) in [5.41, 5.74) is -0.416. The fourth-order valence-electron chi connectivity index (χ4n) is 1.65. The van der Waals surface area contributed by atoms with E-state index in [9.17, 15) is 4.79 Å². The summed E-state index contributed by atoms with van der Waals surface area (Å²) in [5, 5.41) is 3.93. The number of nitrogens with zero attached hydrogens (tertiary/aromatic N) is 2. The van der Waals surface area contributed by atoms with Crippen molar-refractivity contribution in [2.45, 2.75) is 64.4 Å².